The summed E-state index contributed by atoms with van der Waals surface area (Å²) in [5.41, 5.74) is 1.89. The van der Waals surface area contributed by atoms with Gasteiger partial charge in [-0.25, -0.2) is 4.98 Å². The van der Waals surface area contributed by atoms with Crippen LogP contribution in [0.2, 0.25) is 0 Å². The minimum Gasteiger partial charge on any atom is -0.438 e. The molecule has 1 amide bonds. The van der Waals surface area contributed by atoms with Crippen LogP contribution in [0.5, 0.6) is 0 Å². The number of rotatable bonds is 4. The molecule has 134 valence electrons. The number of oxazole rings is 1. The molecule has 0 N–H and O–H groups in total. The fraction of sp³-hybridized carbons (Fsp3) is 0.368. The van der Waals surface area contributed by atoms with E-state index in [1.807, 2.05) is 18.2 Å². The highest BCUT2D eigenvalue weighted by Gasteiger charge is 2.31. The lowest BCUT2D eigenvalue weighted by Crippen LogP contribution is -2.41. The van der Waals surface area contributed by atoms with Crippen LogP contribution in [0.4, 0.5) is 0 Å². The van der Waals surface area contributed by atoms with E-state index in [1.165, 1.54) is 12.0 Å². The molecule has 0 spiro atoms. The molecule has 26 heavy (non-hydrogen) atoms. The van der Waals surface area contributed by atoms with Crippen molar-refractivity contribution in [3.63, 3.8) is 0 Å². The molecular weight excluding hydrogens is 330 g/mol. The van der Waals surface area contributed by atoms with Gasteiger partial charge < -0.3 is 13.9 Å². The van der Waals surface area contributed by atoms with Gasteiger partial charge in [-0.1, -0.05) is 30.3 Å². The first-order valence-corrected chi connectivity index (χ1v) is 8.79. The van der Waals surface area contributed by atoms with Gasteiger partial charge in [0, 0.05) is 13.0 Å². The van der Waals surface area contributed by atoms with E-state index in [4.69, 9.17) is 4.42 Å². The van der Waals surface area contributed by atoms with E-state index in [0.717, 1.165) is 24.5 Å². The predicted molar refractivity (Wildman–Crippen MR) is 94.6 cm³/mol. The summed E-state index contributed by atoms with van der Waals surface area (Å²) in [4.78, 5) is 18.4. The van der Waals surface area contributed by atoms with E-state index >= 15 is 0 Å². The average Bonchev–Trinajstić information content (AvgIpc) is 3.26. The van der Waals surface area contributed by atoms with E-state index in [9.17, 15) is 4.79 Å². The Balaban J connectivity index is 1.51. The van der Waals surface area contributed by atoms with E-state index in [0.29, 0.717) is 24.5 Å². The molecule has 3 aromatic rings. The maximum Gasteiger partial charge on any atom is 0.292 e. The lowest BCUT2D eigenvalue weighted by molar-refractivity contribution is 0.0646. The third-order valence-electron chi connectivity index (χ3n) is 4.80. The van der Waals surface area contributed by atoms with Gasteiger partial charge in [-0.3, -0.25) is 4.79 Å². The fourth-order valence-corrected chi connectivity index (χ4v) is 3.49. The topological polar surface area (TPSA) is 77.1 Å². The molecular formula is C19H21N5O2. The van der Waals surface area contributed by atoms with Crippen molar-refractivity contribution in [1.29, 1.82) is 0 Å². The zero-order valence-corrected chi connectivity index (χ0v) is 14.9. The summed E-state index contributed by atoms with van der Waals surface area (Å²) in [6.45, 7) is 4.89. The number of benzene rings is 1. The number of amides is 1. The van der Waals surface area contributed by atoms with Crippen LogP contribution in [0.15, 0.2) is 41.1 Å². The molecule has 1 aromatic carbocycles. The van der Waals surface area contributed by atoms with Crippen molar-refractivity contribution >= 4 is 5.91 Å². The molecule has 1 aliphatic heterocycles. The summed E-state index contributed by atoms with van der Waals surface area (Å²) in [7, 11) is 0. The number of nitrogens with zero attached hydrogens (tertiary/aromatic N) is 5. The van der Waals surface area contributed by atoms with Gasteiger partial charge >= 0.3 is 0 Å². The van der Waals surface area contributed by atoms with Crippen LogP contribution in [0.25, 0.3) is 0 Å². The Morgan fingerprint density at radius 2 is 2.04 bits per heavy atom. The molecule has 0 saturated heterocycles. The summed E-state index contributed by atoms with van der Waals surface area (Å²) >= 11 is 0. The van der Waals surface area contributed by atoms with Crippen LogP contribution in [-0.4, -0.2) is 37.1 Å². The van der Waals surface area contributed by atoms with Crippen molar-refractivity contribution in [3.05, 3.63) is 65.4 Å². The van der Waals surface area contributed by atoms with E-state index in [-0.39, 0.29) is 11.9 Å². The highest BCUT2D eigenvalue weighted by Crippen LogP contribution is 2.24. The second-order valence-corrected chi connectivity index (χ2v) is 6.69. The number of aryl methyl sites for hydroxylation is 3. The predicted octanol–water partition coefficient (Wildman–Crippen LogP) is 2.58. The zero-order valence-electron chi connectivity index (χ0n) is 14.9. The Labute approximate surface area is 151 Å². The molecule has 7 nitrogen and oxygen atoms in total. The molecule has 0 bridgehead atoms. The average molecular weight is 351 g/mol. The maximum atomic E-state index is 12.7. The number of carbonyl (C=O) groups excluding carboxylic acids is 1. The Morgan fingerprint density at radius 3 is 2.77 bits per heavy atom. The summed E-state index contributed by atoms with van der Waals surface area (Å²) in [6, 6.07) is 10.5. The van der Waals surface area contributed by atoms with Crippen molar-refractivity contribution in [3.8, 4) is 0 Å². The molecule has 0 aliphatic carbocycles. The molecule has 7 heteroatoms. The molecule has 2 aromatic heterocycles. The minimum absolute atomic E-state index is 0.117. The van der Waals surface area contributed by atoms with Crippen LogP contribution in [-0.2, 0) is 19.4 Å². The summed E-state index contributed by atoms with van der Waals surface area (Å²) in [5.74, 6) is 1.94. The summed E-state index contributed by atoms with van der Waals surface area (Å²) < 4.78 is 7.42. The molecule has 0 radical (unpaired) electrons. The van der Waals surface area contributed by atoms with Gasteiger partial charge in [0.05, 0.1) is 18.3 Å². The summed E-state index contributed by atoms with van der Waals surface area (Å²) in [6.07, 6.45) is 3.06. The number of carbonyl (C=O) groups is 1. The number of aromatic nitrogens is 4. The third-order valence-corrected chi connectivity index (χ3v) is 4.80. The van der Waals surface area contributed by atoms with Gasteiger partial charge in [0.2, 0.25) is 5.76 Å². The van der Waals surface area contributed by atoms with Crippen LogP contribution < -0.4 is 0 Å². The second-order valence-electron chi connectivity index (χ2n) is 6.69. The van der Waals surface area contributed by atoms with Crippen LogP contribution >= 0.6 is 0 Å². The van der Waals surface area contributed by atoms with Crippen molar-refractivity contribution in [2.75, 3.05) is 6.54 Å². The van der Waals surface area contributed by atoms with Crippen LogP contribution in [0.3, 0.4) is 0 Å². The first kappa shape index (κ1) is 16.5. The van der Waals surface area contributed by atoms with Crippen LogP contribution in [0.1, 0.15) is 46.4 Å². The molecule has 0 saturated carbocycles. The first-order valence-electron chi connectivity index (χ1n) is 8.79. The van der Waals surface area contributed by atoms with Gasteiger partial charge in [-0.2, -0.15) is 0 Å². The highest BCUT2D eigenvalue weighted by molar-refractivity contribution is 5.92. The van der Waals surface area contributed by atoms with Crippen molar-refractivity contribution in [2.24, 2.45) is 0 Å². The third kappa shape index (κ3) is 3.00. The molecule has 4 rings (SSSR count). The van der Waals surface area contributed by atoms with Gasteiger partial charge in [-0.05, 0) is 25.8 Å². The monoisotopic (exact) mass is 351 g/mol. The molecule has 3 heterocycles. The van der Waals surface area contributed by atoms with Crippen molar-refractivity contribution < 1.29 is 9.21 Å². The van der Waals surface area contributed by atoms with E-state index in [1.54, 1.807) is 11.8 Å². The van der Waals surface area contributed by atoms with Gasteiger partial charge in [-0.15, -0.1) is 10.2 Å². The molecule has 1 atom stereocenters. The second kappa shape index (κ2) is 6.74. The normalized spacial score (nSPS) is 16.5. The quantitative estimate of drug-likeness (QED) is 0.722. The Bertz CT molecular complexity index is 915. The largest absolute Gasteiger partial charge is 0.438 e. The molecule has 1 aliphatic rings. The smallest absolute Gasteiger partial charge is 0.292 e. The standard InChI is InChI=1S/C19H21N5O2/c1-13-10-23(19(25)18-14(2)20-12-26-18)11-17-22-21-16(24(13)17)9-8-15-6-4-3-5-7-15/h3-7,12-13H,8-11H2,1-2H3/t13-/m0/s1. The van der Waals surface area contributed by atoms with Crippen LogP contribution in [0, 0.1) is 6.92 Å². The Morgan fingerprint density at radius 1 is 1.23 bits per heavy atom. The van der Waals surface area contributed by atoms with E-state index < -0.39 is 0 Å². The maximum absolute atomic E-state index is 12.7. The SMILES string of the molecule is Cc1ncoc1C(=O)N1Cc2nnc(CCc3ccccc3)n2[C@@H](C)C1. The minimum atomic E-state index is -0.146. The zero-order chi connectivity index (χ0) is 18.1. The van der Waals surface area contributed by atoms with Crippen molar-refractivity contribution in [2.45, 2.75) is 39.3 Å². The lowest BCUT2D eigenvalue weighted by Gasteiger charge is -2.32. The first-order chi connectivity index (χ1) is 12.6. The Kier molecular flexibility index (Phi) is 4.28. The molecule has 0 unspecified atom stereocenters. The summed E-state index contributed by atoms with van der Waals surface area (Å²) in [5, 5.41) is 8.71. The molecule has 0 fully saturated rings. The van der Waals surface area contributed by atoms with Gasteiger partial charge in [0.25, 0.3) is 5.91 Å². The lowest BCUT2D eigenvalue weighted by atomic mass is 10.1. The Hall–Kier alpha value is -2.96. The number of hydrogen-bond acceptors (Lipinski definition) is 5. The number of fused-ring (bicyclic) bond motifs is 1. The van der Waals surface area contributed by atoms with Gasteiger partial charge in [0.1, 0.15) is 5.82 Å². The number of hydrogen-bond donors (Lipinski definition) is 0. The van der Waals surface area contributed by atoms with Crippen molar-refractivity contribution in [1.82, 2.24) is 24.6 Å². The highest BCUT2D eigenvalue weighted by atomic mass is 16.3. The van der Waals surface area contributed by atoms with Gasteiger partial charge in [0.15, 0.2) is 12.2 Å². The van der Waals surface area contributed by atoms with E-state index in [2.05, 4.69) is 38.8 Å². The fourth-order valence-electron chi connectivity index (χ4n) is 3.49.